The number of rotatable bonds is 9. The number of carboxylic acids is 1. The maximum atomic E-state index is 12.3. The molecule has 0 saturated heterocycles. The minimum Gasteiger partial charge on any atom is -0.478 e. The summed E-state index contributed by atoms with van der Waals surface area (Å²) in [6.45, 7) is 3.46. The summed E-state index contributed by atoms with van der Waals surface area (Å²) in [4.78, 5) is 58.9. The van der Waals surface area contributed by atoms with E-state index in [9.17, 15) is 24.0 Å². The highest BCUT2D eigenvalue weighted by molar-refractivity contribution is 6.06. The summed E-state index contributed by atoms with van der Waals surface area (Å²) in [5.41, 5.74) is 4.74. The Labute approximate surface area is 243 Å². The van der Waals surface area contributed by atoms with Gasteiger partial charge in [0.25, 0.3) is 0 Å². The monoisotopic (exact) mass is 562 g/mol. The van der Waals surface area contributed by atoms with Crippen LogP contribution in [0.3, 0.4) is 0 Å². The van der Waals surface area contributed by atoms with Crippen LogP contribution in [0.2, 0.25) is 0 Å². The Morgan fingerprint density at radius 2 is 1.33 bits per heavy atom. The number of Topliss-reactive ketones (excluding diaryl/α,β-unsaturated/α-hetero) is 3. The van der Waals surface area contributed by atoms with Gasteiger partial charge in [-0.2, -0.15) is 0 Å². The van der Waals surface area contributed by atoms with Crippen LogP contribution in [0.4, 0.5) is 0 Å². The molecular formula is C35H30O7. The summed E-state index contributed by atoms with van der Waals surface area (Å²) < 4.78 is 5.29. The van der Waals surface area contributed by atoms with Gasteiger partial charge in [0.05, 0.1) is 17.5 Å². The molecule has 42 heavy (non-hydrogen) atoms. The normalized spacial score (nSPS) is 13.3. The van der Waals surface area contributed by atoms with Crippen LogP contribution in [0.5, 0.6) is 0 Å². The highest BCUT2D eigenvalue weighted by Gasteiger charge is 2.32. The van der Waals surface area contributed by atoms with Gasteiger partial charge in [0.2, 0.25) is 0 Å². The van der Waals surface area contributed by atoms with Gasteiger partial charge in [-0.05, 0) is 38.0 Å². The van der Waals surface area contributed by atoms with E-state index < -0.39 is 12.1 Å². The van der Waals surface area contributed by atoms with E-state index in [-0.39, 0.29) is 47.3 Å². The first-order valence-corrected chi connectivity index (χ1v) is 13.5. The molecule has 1 atom stereocenters. The molecule has 1 unspecified atom stereocenters. The van der Waals surface area contributed by atoms with Crippen LogP contribution < -0.4 is 0 Å². The van der Waals surface area contributed by atoms with Gasteiger partial charge >= 0.3 is 11.9 Å². The topological polar surface area (TPSA) is 115 Å². The first-order chi connectivity index (χ1) is 20.2. The fourth-order valence-electron chi connectivity index (χ4n) is 4.77. The number of carboxylic acid groups (broad SMARTS) is 1. The Balaban J connectivity index is 0.000000193. The third-order valence-corrected chi connectivity index (χ3v) is 7.00. The zero-order valence-corrected chi connectivity index (χ0v) is 23.3. The van der Waals surface area contributed by atoms with E-state index in [1.165, 1.54) is 19.1 Å². The maximum Gasteiger partial charge on any atom is 0.339 e. The second-order valence-electron chi connectivity index (χ2n) is 9.96. The molecule has 0 radical (unpaired) electrons. The molecule has 212 valence electrons. The fourth-order valence-corrected chi connectivity index (χ4v) is 4.77. The number of carbonyl (C=O) groups excluding carboxylic acids is 4. The van der Waals surface area contributed by atoms with E-state index in [0.29, 0.717) is 23.1 Å². The zero-order chi connectivity index (χ0) is 30.2. The highest BCUT2D eigenvalue weighted by atomic mass is 16.5. The molecule has 1 N–H and O–H groups in total. The van der Waals surface area contributed by atoms with Gasteiger partial charge in [0, 0.05) is 28.7 Å². The third-order valence-electron chi connectivity index (χ3n) is 7.00. The van der Waals surface area contributed by atoms with Crippen molar-refractivity contribution in [1.82, 2.24) is 0 Å². The van der Waals surface area contributed by atoms with Crippen LogP contribution in [-0.2, 0) is 11.2 Å². The molecular weight excluding hydrogens is 532 g/mol. The average molecular weight is 563 g/mol. The van der Waals surface area contributed by atoms with E-state index in [1.807, 2.05) is 43.3 Å². The second kappa shape index (κ2) is 13.5. The van der Waals surface area contributed by atoms with Crippen molar-refractivity contribution in [1.29, 1.82) is 0 Å². The number of hydrogen-bond donors (Lipinski definition) is 1. The van der Waals surface area contributed by atoms with Gasteiger partial charge in [0.1, 0.15) is 6.10 Å². The van der Waals surface area contributed by atoms with Gasteiger partial charge in [-0.3, -0.25) is 14.4 Å². The van der Waals surface area contributed by atoms with Crippen LogP contribution in [0.25, 0.3) is 0 Å². The smallest absolute Gasteiger partial charge is 0.339 e. The molecule has 5 rings (SSSR count). The lowest BCUT2D eigenvalue weighted by atomic mass is 9.95. The molecule has 0 aliphatic carbocycles. The van der Waals surface area contributed by atoms with Crippen molar-refractivity contribution in [2.75, 3.05) is 0 Å². The predicted octanol–water partition coefficient (Wildman–Crippen LogP) is 6.88. The number of cyclic esters (lactones) is 1. The number of benzene rings is 4. The molecule has 0 fully saturated rings. The predicted molar refractivity (Wildman–Crippen MR) is 157 cm³/mol. The average Bonchev–Trinajstić information content (AvgIpc) is 3.31. The van der Waals surface area contributed by atoms with Crippen LogP contribution in [0.1, 0.15) is 94.3 Å². The standard InChI is InChI=1S/C18H16O4.C17H14O3/c1-12(19)14-7-3-2-6-13(14)10-11-17(20)15-8-4-5-9-16(15)18(21)22;1-11-6-8-12(9-7-11)15(18)10-16-13-4-2-3-5-14(13)17(19)20-16/h2-9H,10-11H2,1H3,(H,21,22);2-9,16H,10H2,1H3. The Morgan fingerprint density at radius 1 is 0.738 bits per heavy atom. The first kappa shape index (κ1) is 29.8. The SMILES string of the molecule is CC(=O)c1ccccc1CCC(=O)c1ccccc1C(=O)O.Cc1ccc(C(=O)CC2OC(=O)c3ccccc32)cc1. The molecule has 0 aromatic heterocycles. The molecule has 0 spiro atoms. The lowest BCUT2D eigenvalue weighted by Crippen LogP contribution is -2.10. The number of hydrogen-bond acceptors (Lipinski definition) is 6. The number of fused-ring (bicyclic) bond motifs is 1. The number of ketones is 3. The summed E-state index contributed by atoms with van der Waals surface area (Å²) in [7, 11) is 0. The molecule has 1 aliphatic rings. The summed E-state index contributed by atoms with van der Waals surface area (Å²) >= 11 is 0. The van der Waals surface area contributed by atoms with Gasteiger partial charge in [-0.25, -0.2) is 9.59 Å². The van der Waals surface area contributed by atoms with Crippen LogP contribution >= 0.6 is 0 Å². The van der Waals surface area contributed by atoms with Gasteiger partial charge in [0.15, 0.2) is 17.3 Å². The lowest BCUT2D eigenvalue weighted by Gasteiger charge is -2.09. The van der Waals surface area contributed by atoms with Crippen molar-refractivity contribution in [3.63, 3.8) is 0 Å². The van der Waals surface area contributed by atoms with Gasteiger partial charge < -0.3 is 9.84 Å². The number of aromatic carboxylic acids is 1. The van der Waals surface area contributed by atoms with Crippen molar-refractivity contribution in [3.8, 4) is 0 Å². The van der Waals surface area contributed by atoms with E-state index in [2.05, 4.69) is 0 Å². The largest absolute Gasteiger partial charge is 0.478 e. The van der Waals surface area contributed by atoms with E-state index in [0.717, 1.165) is 16.7 Å². The molecule has 7 nitrogen and oxygen atoms in total. The molecule has 1 heterocycles. The van der Waals surface area contributed by atoms with E-state index >= 15 is 0 Å². The van der Waals surface area contributed by atoms with Crippen LogP contribution in [0, 0.1) is 6.92 Å². The minimum absolute atomic E-state index is 0.00681. The Hall–Kier alpha value is -5.17. The van der Waals surface area contributed by atoms with Crippen molar-refractivity contribution >= 4 is 29.3 Å². The second-order valence-corrected chi connectivity index (χ2v) is 9.96. The van der Waals surface area contributed by atoms with Crippen molar-refractivity contribution in [3.05, 3.63) is 142 Å². The highest BCUT2D eigenvalue weighted by Crippen LogP contribution is 2.33. The quantitative estimate of drug-likeness (QED) is 0.175. The van der Waals surface area contributed by atoms with Crippen molar-refractivity contribution in [2.24, 2.45) is 0 Å². The molecule has 1 aliphatic heterocycles. The Kier molecular flexibility index (Phi) is 9.55. The molecule has 0 amide bonds. The van der Waals surface area contributed by atoms with E-state index in [1.54, 1.807) is 48.5 Å². The van der Waals surface area contributed by atoms with E-state index in [4.69, 9.17) is 9.84 Å². The summed E-state index contributed by atoms with van der Waals surface area (Å²) in [6, 6.07) is 27.9. The first-order valence-electron chi connectivity index (χ1n) is 13.5. The minimum atomic E-state index is -1.12. The number of ether oxygens (including phenoxy) is 1. The van der Waals surface area contributed by atoms with Crippen molar-refractivity contribution < 1.29 is 33.8 Å². The fraction of sp³-hybridized carbons (Fsp3) is 0.171. The molecule has 0 bridgehead atoms. The van der Waals surface area contributed by atoms with Gasteiger partial charge in [-0.1, -0.05) is 90.5 Å². The maximum absolute atomic E-state index is 12.3. The zero-order valence-electron chi connectivity index (χ0n) is 23.3. The summed E-state index contributed by atoms with van der Waals surface area (Å²) in [6.07, 6.45) is 0.288. The van der Waals surface area contributed by atoms with Crippen LogP contribution in [-0.4, -0.2) is 34.4 Å². The summed E-state index contributed by atoms with van der Waals surface area (Å²) in [5.74, 6) is -1.76. The molecule has 4 aromatic rings. The molecule has 7 heteroatoms. The van der Waals surface area contributed by atoms with Crippen LogP contribution in [0.15, 0.2) is 97.1 Å². The molecule has 0 saturated carbocycles. The Morgan fingerprint density at radius 3 is 2.00 bits per heavy atom. The number of esters is 1. The van der Waals surface area contributed by atoms with Gasteiger partial charge in [-0.15, -0.1) is 0 Å². The number of aryl methyl sites for hydroxylation is 2. The summed E-state index contributed by atoms with van der Waals surface area (Å²) in [5, 5.41) is 9.12. The number of carbonyl (C=O) groups is 5. The molecule has 4 aromatic carbocycles. The van der Waals surface area contributed by atoms with Crippen molar-refractivity contribution in [2.45, 2.75) is 39.2 Å². The lowest BCUT2D eigenvalue weighted by molar-refractivity contribution is 0.0366. The Bertz CT molecular complexity index is 1650. The third kappa shape index (κ3) is 7.12.